The van der Waals surface area contributed by atoms with Crippen LogP contribution in [0.2, 0.25) is 0 Å². The highest BCUT2D eigenvalue weighted by Gasteiger charge is 2.34. The number of carbonyl (C=O) groups excluding carboxylic acids is 1. The van der Waals surface area contributed by atoms with Gasteiger partial charge in [-0.2, -0.15) is 0 Å². The van der Waals surface area contributed by atoms with Crippen molar-refractivity contribution >= 4 is 11.7 Å². The number of anilines is 1. The van der Waals surface area contributed by atoms with E-state index in [4.69, 9.17) is 14.5 Å². The van der Waals surface area contributed by atoms with Gasteiger partial charge in [-0.05, 0) is 48.2 Å². The molecule has 152 valence electrons. The molecule has 6 nitrogen and oxygen atoms in total. The number of rotatable bonds is 3. The molecule has 0 unspecified atom stereocenters. The maximum atomic E-state index is 15.0. The van der Waals surface area contributed by atoms with Crippen molar-refractivity contribution in [2.24, 2.45) is 0 Å². The fraction of sp³-hybridized carbons (Fsp3) is 0.455. The second-order valence-electron chi connectivity index (χ2n) is 8.02. The van der Waals surface area contributed by atoms with Crippen molar-refractivity contribution < 1.29 is 18.7 Å². The largest absolute Gasteiger partial charge is 0.487 e. The molecule has 0 aliphatic carbocycles. The predicted molar refractivity (Wildman–Crippen MR) is 106 cm³/mol. The highest BCUT2D eigenvalue weighted by molar-refractivity contribution is 5.99. The summed E-state index contributed by atoms with van der Waals surface area (Å²) in [6, 6.07) is 5.85. The van der Waals surface area contributed by atoms with Crippen molar-refractivity contribution in [1.82, 2.24) is 10.3 Å². The summed E-state index contributed by atoms with van der Waals surface area (Å²) in [4.78, 5) is 18.7. The second-order valence-corrected chi connectivity index (χ2v) is 8.02. The number of benzene rings is 1. The van der Waals surface area contributed by atoms with Crippen LogP contribution in [-0.4, -0.2) is 36.3 Å². The van der Waals surface area contributed by atoms with Crippen LogP contribution in [0.1, 0.15) is 44.7 Å². The first-order valence-electron chi connectivity index (χ1n) is 10.0. The highest BCUT2D eigenvalue weighted by atomic mass is 19.1. The van der Waals surface area contributed by atoms with E-state index in [9.17, 15) is 4.79 Å². The van der Waals surface area contributed by atoms with Crippen LogP contribution in [0.4, 0.5) is 10.2 Å². The summed E-state index contributed by atoms with van der Waals surface area (Å²) >= 11 is 0. The van der Waals surface area contributed by atoms with Gasteiger partial charge in [-0.25, -0.2) is 9.37 Å². The summed E-state index contributed by atoms with van der Waals surface area (Å²) in [5, 5.41) is 2.82. The lowest BCUT2D eigenvalue weighted by Crippen LogP contribution is -2.47. The Kier molecular flexibility index (Phi) is 4.42. The quantitative estimate of drug-likeness (QED) is 0.863. The molecule has 1 aromatic heterocycles. The Balaban J connectivity index is 1.32. The minimum absolute atomic E-state index is 0.0742. The third kappa shape index (κ3) is 3.13. The van der Waals surface area contributed by atoms with Crippen LogP contribution in [0.5, 0.6) is 5.75 Å². The summed E-state index contributed by atoms with van der Waals surface area (Å²) in [5.41, 5.74) is 5.57. The van der Waals surface area contributed by atoms with Crippen LogP contribution in [0.3, 0.4) is 0 Å². The topological polar surface area (TPSA) is 63.7 Å². The number of nitrogens with one attached hydrogen (secondary N) is 1. The molecular formula is C22H24FN3O3. The number of carbonyl (C=O) groups is 1. The van der Waals surface area contributed by atoms with Crippen molar-refractivity contribution in [2.45, 2.75) is 52.3 Å². The van der Waals surface area contributed by atoms with Gasteiger partial charge >= 0.3 is 0 Å². The van der Waals surface area contributed by atoms with Gasteiger partial charge in [0, 0.05) is 13.0 Å². The zero-order valence-corrected chi connectivity index (χ0v) is 16.6. The van der Waals surface area contributed by atoms with Crippen molar-refractivity contribution in [3.05, 3.63) is 51.7 Å². The van der Waals surface area contributed by atoms with Crippen LogP contribution in [0.25, 0.3) is 0 Å². The maximum Gasteiger partial charge on any atom is 0.253 e. The Morgan fingerprint density at radius 3 is 2.90 bits per heavy atom. The molecule has 3 aliphatic heterocycles. The summed E-state index contributed by atoms with van der Waals surface area (Å²) < 4.78 is 26.4. The fourth-order valence-electron chi connectivity index (χ4n) is 4.43. The van der Waals surface area contributed by atoms with E-state index in [0.717, 1.165) is 28.2 Å². The van der Waals surface area contributed by atoms with Crippen LogP contribution in [-0.2, 0) is 24.5 Å². The molecule has 3 aliphatic rings. The smallest absolute Gasteiger partial charge is 0.253 e. The zero-order valence-electron chi connectivity index (χ0n) is 16.6. The molecule has 1 fully saturated rings. The van der Waals surface area contributed by atoms with Gasteiger partial charge in [-0.3, -0.25) is 4.79 Å². The molecule has 1 saturated heterocycles. The number of alkyl halides is 1. The molecule has 1 aromatic carbocycles. The molecule has 1 amide bonds. The van der Waals surface area contributed by atoms with Crippen molar-refractivity contribution in [2.75, 3.05) is 18.0 Å². The van der Waals surface area contributed by atoms with Crippen LogP contribution in [0, 0.1) is 13.8 Å². The zero-order chi connectivity index (χ0) is 20.1. The van der Waals surface area contributed by atoms with E-state index in [-0.39, 0.29) is 12.5 Å². The molecule has 2 aromatic rings. The summed E-state index contributed by atoms with van der Waals surface area (Å²) in [5.74, 6) is 1.39. The summed E-state index contributed by atoms with van der Waals surface area (Å²) in [6.45, 7) is 6.43. The molecule has 2 atom stereocenters. The molecule has 4 heterocycles. The van der Waals surface area contributed by atoms with Gasteiger partial charge in [-0.1, -0.05) is 6.07 Å². The molecule has 0 spiro atoms. The van der Waals surface area contributed by atoms with Gasteiger partial charge in [0.25, 0.3) is 5.91 Å². The Bertz CT molecular complexity index is 994. The number of nitrogens with zero attached hydrogens (tertiary/aromatic N) is 2. The second kappa shape index (κ2) is 6.99. The van der Waals surface area contributed by atoms with Crippen LogP contribution in [0.15, 0.2) is 18.2 Å². The van der Waals surface area contributed by atoms with Crippen molar-refractivity contribution in [3.63, 3.8) is 0 Å². The van der Waals surface area contributed by atoms with Gasteiger partial charge in [0.2, 0.25) is 0 Å². The Labute approximate surface area is 169 Å². The number of hydrogen-bond acceptors (Lipinski definition) is 5. The van der Waals surface area contributed by atoms with Crippen molar-refractivity contribution in [1.29, 1.82) is 0 Å². The van der Waals surface area contributed by atoms with Gasteiger partial charge < -0.3 is 19.7 Å². The molecule has 29 heavy (non-hydrogen) atoms. The first-order chi connectivity index (χ1) is 14.0. The molecule has 0 saturated carbocycles. The standard InChI is InChI=1S/C22H24FN3O3/c1-12-13(2)21(25-18-8-24-22(27)20(12)18)26-6-5-19(17(23)9-26)29-16-4-3-14-10-28-11-15(14)7-16/h3-4,7,17,19H,5-6,8-11H2,1-2H3,(H,24,27)/t17-,19+/m0/s1. The van der Waals surface area contributed by atoms with Crippen LogP contribution < -0.4 is 15.0 Å². The molecule has 0 bridgehead atoms. The number of aromatic nitrogens is 1. The van der Waals surface area contributed by atoms with E-state index in [1.807, 2.05) is 36.9 Å². The number of fused-ring (bicyclic) bond motifs is 2. The third-order valence-corrected chi connectivity index (χ3v) is 6.21. The first kappa shape index (κ1) is 18.4. The molecule has 7 heteroatoms. The number of ether oxygens (including phenoxy) is 2. The molecule has 5 rings (SSSR count). The average molecular weight is 397 g/mol. The fourth-order valence-corrected chi connectivity index (χ4v) is 4.43. The van der Waals surface area contributed by atoms with Gasteiger partial charge in [0.1, 0.15) is 17.7 Å². The maximum absolute atomic E-state index is 15.0. The number of amides is 1. The minimum Gasteiger partial charge on any atom is -0.487 e. The monoisotopic (exact) mass is 397 g/mol. The van der Waals surface area contributed by atoms with Gasteiger partial charge in [0.15, 0.2) is 6.17 Å². The third-order valence-electron chi connectivity index (χ3n) is 6.21. The number of pyridine rings is 1. The minimum atomic E-state index is -1.12. The summed E-state index contributed by atoms with van der Waals surface area (Å²) in [6.07, 6.45) is -1.03. The average Bonchev–Trinajstić information content (AvgIpc) is 3.32. The molecule has 0 radical (unpaired) electrons. The predicted octanol–water partition coefficient (Wildman–Crippen LogP) is 2.97. The van der Waals surface area contributed by atoms with E-state index in [1.54, 1.807) is 0 Å². The Morgan fingerprint density at radius 2 is 2.07 bits per heavy atom. The molecular weight excluding hydrogens is 373 g/mol. The SMILES string of the molecule is Cc1c(N2CC[C@@H](Oc3ccc4c(c3)COC4)[C@@H](F)C2)nc2c(c1C)C(=O)NC2. The number of halogens is 1. The van der Waals surface area contributed by atoms with Gasteiger partial charge in [0.05, 0.1) is 37.6 Å². The Morgan fingerprint density at radius 1 is 1.24 bits per heavy atom. The number of piperidine rings is 1. The lowest BCUT2D eigenvalue weighted by atomic mass is 10.0. The van der Waals surface area contributed by atoms with E-state index >= 15 is 4.39 Å². The van der Waals surface area contributed by atoms with Crippen molar-refractivity contribution in [3.8, 4) is 5.75 Å². The van der Waals surface area contributed by atoms with Crippen LogP contribution >= 0.6 is 0 Å². The van der Waals surface area contributed by atoms with E-state index in [0.29, 0.717) is 44.0 Å². The Hall–Kier alpha value is -2.67. The summed E-state index contributed by atoms with van der Waals surface area (Å²) in [7, 11) is 0. The highest BCUT2D eigenvalue weighted by Crippen LogP contribution is 2.32. The van der Waals surface area contributed by atoms with Gasteiger partial charge in [-0.15, -0.1) is 0 Å². The lowest BCUT2D eigenvalue weighted by Gasteiger charge is -2.36. The van der Waals surface area contributed by atoms with E-state index < -0.39 is 12.3 Å². The van der Waals surface area contributed by atoms with E-state index in [1.165, 1.54) is 5.56 Å². The molecule has 1 N–H and O–H groups in total. The lowest BCUT2D eigenvalue weighted by molar-refractivity contribution is 0.0817. The van der Waals surface area contributed by atoms with E-state index in [2.05, 4.69) is 5.32 Å². The normalized spacial score (nSPS) is 23.0. The number of hydrogen-bond donors (Lipinski definition) is 1. The first-order valence-corrected chi connectivity index (χ1v) is 10.0.